The van der Waals surface area contributed by atoms with E-state index in [1.807, 2.05) is 11.7 Å². The Bertz CT molecular complexity index is 441. The van der Waals surface area contributed by atoms with E-state index in [2.05, 4.69) is 40.3 Å². The average molecular weight is 358 g/mol. The third kappa shape index (κ3) is 4.54. The SMILES string of the molecule is CCc1nn(C)c(CC(CCC2CCCCO2)NC)c1Br. The summed E-state index contributed by atoms with van der Waals surface area (Å²) in [5, 5.41) is 8.04. The zero-order chi connectivity index (χ0) is 15.2. The summed E-state index contributed by atoms with van der Waals surface area (Å²) in [4.78, 5) is 0. The van der Waals surface area contributed by atoms with Gasteiger partial charge in [0.2, 0.25) is 0 Å². The zero-order valence-corrected chi connectivity index (χ0v) is 15.1. The predicted molar refractivity (Wildman–Crippen MR) is 89.7 cm³/mol. The molecule has 0 aromatic carbocycles. The van der Waals surface area contributed by atoms with Crippen LogP contribution in [0.2, 0.25) is 0 Å². The first kappa shape index (κ1) is 17.0. The normalized spacial score (nSPS) is 20.7. The molecule has 2 atom stereocenters. The van der Waals surface area contributed by atoms with Crippen molar-refractivity contribution < 1.29 is 4.74 Å². The monoisotopic (exact) mass is 357 g/mol. The maximum Gasteiger partial charge on any atom is 0.0766 e. The van der Waals surface area contributed by atoms with Crippen molar-refractivity contribution in [1.29, 1.82) is 0 Å². The molecule has 2 unspecified atom stereocenters. The molecule has 120 valence electrons. The predicted octanol–water partition coefficient (Wildman–Crippen LogP) is 3.22. The Kier molecular flexibility index (Phi) is 6.71. The van der Waals surface area contributed by atoms with Crippen molar-refractivity contribution in [2.75, 3.05) is 13.7 Å². The number of halogens is 1. The Morgan fingerprint density at radius 2 is 2.29 bits per heavy atom. The molecule has 4 nitrogen and oxygen atoms in total. The minimum Gasteiger partial charge on any atom is -0.378 e. The van der Waals surface area contributed by atoms with Crippen LogP contribution in [0.5, 0.6) is 0 Å². The smallest absolute Gasteiger partial charge is 0.0766 e. The van der Waals surface area contributed by atoms with E-state index in [1.54, 1.807) is 0 Å². The molecule has 1 N–H and O–H groups in total. The third-order valence-corrected chi connectivity index (χ3v) is 5.38. The number of hydrogen-bond donors (Lipinski definition) is 1. The summed E-state index contributed by atoms with van der Waals surface area (Å²) >= 11 is 3.71. The molecular weight excluding hydrogens is 330 g/mol. The summed E-state index contributed by atoms with van der Waals surface area (Å²) in [6, 6.07) is 0.479. The average Bonchev–Trinajstić information content (AvgIpc) is 2.79. The Hall–Kier alpha value is -0.390. The summed E-state index contributed by atoms with van der Waals surface area (Å²) in [6.45, 7) is 3.09. The molecule has 1 aliphatic rings. The molecule has 1 aliphatic heterocycles. The van der Waals surface area contributed by atoms with Crippen LogP contribution in [0.25, 0.3) is 0 Å². The van der Waals surface area contributed by atoms with Gasteiger partial charge in [-0.3, -0.25) is 4.68 Å². The van der Waals surface area contributed by atoms with Crippen LogP contribution in [-0.4, -0.2) is 35.6 Å². The number of hydrogen-bond acceptors (Lipinski definition) is 3. The molecular formula is C16H28BrN3O. The fourth-order valence-corrected chi connectivity index (χ4v) is 3.82. The van der Waals surface area contributed by atoms with Gasteiger partial charge >= 0.3 is 0 Å². The molecule has 0 radical (unpaired) electrons. The van der Waals surface area contributed by atoms with E-state index in [-0.39, 0.29) is 0 Å². The summed E-state index contributed by atoms with van der Waals surface area (Å²) in [7, 11) is 4.09. The Balaban J connectivity index is 1.91. The van der Waals surface area contributed by atoms with Crippen LogP contribution in [0.3, 0.4) is 0 Å². The second-order valence-corrected chi connectivity index (χ2v) is 6.73. The molecule has 0 spiro atoms. The van der Waals surface area contributed by atoms with Gasteiger partial charge in [-0.1, -0.05) is 6.92 Å². The first-order chi connectivity index (χ1) is 10.2. The van der Waals surface area contributed by atoms with Crippen molar-refractivity contribution >= 4 is 15.9 Å². The van der Waals surface area contributed by atoms with Crippen LogP contribution in [0.15, 0.2) is 4.47 Å². The van der Waals surface area contributed by atoms with Gasteiger partial charge in [0.15, 0.2) is 0 Å². The van der Waals surface area contributed by atoms with Gasteiger partial charge in [-0.05, 0) is 61.5 Å². The molecule has 1 aromatic heterocycles. The van der Waals surface area contributed by atoms with Crippen LogP contribution in [0, 0.1) is 0 Å². The number of nitrogens with zero attached hydrogens (tertiary/aromatic N) is 2. The van der Waals surface area contributed by atoms with Crippen molar-refractivity contribution in [3.8, 4) is 0 Å². The number of aryl methyl sites for hydroxylation is 2. The molecule has 21 heavy (non-hydrogen) atoms. The number of likely N-dealkylation sites (N-methyl/N-ethyl adjacent to an activating group) is 1. The molecule has 1 saturated heterocycles. The molecule has 2 heterocycles. The lowest BCUT2D eigenvalue weighted by molar-refractivity contribution is 0.00867. The maximum absolute atomic E-state index is 5.84. The van der Waals surface area contributed by atoms with Crippen LogP contribution in [0.1, 0.15) is 50.4 Å². The molecule has 0 saturated carbocycles. The van der Waals surface area contributed by atoms with Gasteiger partial charge in [-0.2, -0.15) is 5.10 Å². The number of ether oxygens (including phenoxy) is 1. The number of nitrogens with one attached hydrogen (secondary N) is 1. The van der Waals surface area contributed by atoms with Crippen molar-refractivity contribution in [2.45, 2.75) is 64.0 Å². The summed E-state index contributed by atoms with van der Waals surface area (Å²) in [5.41, 5.74) is 2.44. The van der Waals surface area contributed by atoms with Crippen LogP contribution in [0.4, 0.5) is 0 Å². The van der Waals surface area contributed by atoms with Gasteiger partial charge in [0.25, 0.3) is 0 Å². The van der Waals surface area contributed by atoms with Gasteiger partial charge in [0.1, 0.15) is 0 Å². The van der Waals surface area contributed by atoms with Crippen LogP contribution >= 0.6 is 15.9 Å². The Morgan fingerprint density at radius 1 is 1.48 bits per heavy atom. The highest BCUT2D eigenvalue weighted by molar-refractivity contribution is 9.10. The quantitative estimate of drug-likeness (QED) is 0.814. The van der Waals surface area contributed by atoms with Crippen LogP contribution in [-0.2, 0) is 24.6 Å². The Labute approximate surface area is 136 Å². The molecule has 1 aromatic rings. The first-order valence-corrected chi connectivity index (χ1v) is 8.94. The van der Waals surface area contributed by atoms with Gasteiger partial charge in [0, 0.05) is 26.1 Å². The number of rotatable bonds is 7. The van der Waals surface area contributed by atoms with E-state index in [4.69, 9.17) is 4.74 Å². The second kappa shape index (κ2) is 8.30. The van der Waals surface area contributed by atoms with Crippen molar-refractivity contribution in [3.63, 3.8) is 0 Å². The number of aromatic nitrogens is 2. The molecule has 0 bridgehead atoms. The highest BCUT2D eigenvalue weighted by atomic mass is 79.9. The van der Waals surface area contributed by atoms with Crippen molar-refractivity contribution in [1.82, 2.24) is 15.1 Å². The second-order valence-electron chi connectivity index (χ2n) is 5.94. The summed E-state index contributed by atoms with van der Waals surface area (Å²) < 4.78 is 9.04. The minimum atomic E-state index is 0.468. The first-order valence-electron chi connectivity index (χ1n) is 8.14. The summed E-state index contributed by atoms with van der Waals surface area (Å²) in [6.07, 6.45) is 8.53. The van der Waals surface area contributed by atoms with Gasteiger partial charge < -0.3 is 10.1 Å². The van der Waals surface area contributed by atoms with Gasteiger partial charge in [-0.15, -0.1) is 0 Å². The van der Waals surface area contributed by atoms with E-state index in [0.717, 1.165) is 38.0 Å². The maximum atomic E-state index is 5.84. The van der Waals surface area contributed by atoms with Crippen LogP contribution < -0.4 is 5.32 Å². The molecule has 1 fully saturated rings. The largest absolute Gasteiger partial charge is 0.378 e. The molecule has 0 aliphatic carbocycles. The van der Waals surface area contributed by atoms with E-state index in [1.165, 1.54) is 29.4 Å². The van der Waals surface area contributed by atoms with E-state index in [0.29, 0.717) is 12.1 Å². The van der Waals surface area contributed by atoms with Crippen molar-refractivity contribution in [2.24, 2.45) is 7.05 Å². The lowest BCUT2D eigenvalue weighted by atomic mass is 9.99. The topological polar surface area (TPSA) is 39.1 Å². The highest BCUT2D eigenvalue weighted by Gasteiger charge is 2.19. The van der Waals surface area contributed by atoms with E-state index < -0.39 is 0 Å². The standard InChI is InChI=1S/C16H28BrN3O/c1-4-14-16(17)15(20(3)19-14)11-12(18-2)8-9-13-7-5-6-10-21-13/h12-13,18H,4-11H2,1-3H3. The van der Waals surface area contributed by atoms with E-state index >= 15 is 0 Å². The Morgan fingerprint density at radius 3 is 2.86 bits per heavy atom. The van der Waals surface area contributed by atoms with Gasteiger partial charge in [0.05, 0.1) is 22.0 Å². The molecule has 2 rings (SSSR count). The fourth-order valence-electron chi connectivity index (χ4n) is 3.05. The zero-order valence-electron chi connectivity index (χ0n) is 13.5. The molecule has 5 heteroatoms. The third-order valence-electron chi connectivity index (χ3n) is 4.46. The molecule has 0 amide bonds. The van der Waals surface area contributed by atoms with E-state index in [9.17, 15) is 0 Å². The summed E-state index contributed by atoms with van der Waals surface area (Å²) in [5.74, 6) is 0. The van der Waals surface area contributed by atoms with Gasteiger partial charge in [-0.25, -0.2) is 0 Å². The fraction of sp³-hybridized carbons (Fsp3) is 0.812. The van der Waals surface area contributed by atoms with Crippen molar-refractivity contribution in [3.05, 3.63) is 15.9 Å². The highest BCUT2D eigenvalue weighted by Crippen LogP contribution is 2.24. The lowest BCUT2D eigenvalue weighted by Gasteiger charge is -2.25. The minimum absolute atomic E-state index is 0.468. The lowest BCUT2D eigenvalue weighted by Crippen LogP contribution is -2.31.